The summed E-state index contributed by atoms with van der Waals surface area (Å²) >= 11 is 0. The summed E-state index contributed by atoms with van der Waals surface area (Å²) in [5.74, 6) is -0.981. The molecule has 7 heteroatoms. The molecule has 0 saturated carbocycles. The van der Waals surface area contributed by atoms with Crippen molar-refractivity contribution in [3.8, 4) is 0 Å². The maximum Gasteiger partial charge on any atom is 0.410 e. The molecule has 0 radical (unpaired) electrons. The molecule has 2 amide bonds. The zero-order valence-electron chi connectivity index (χ0n) is 18.8. The SMILES string of the molecule is CO[C@H]([C@@H](C)C(=O)N[C@H](C)C(=O)c1ccccc1)[C@@H]1CCCN1C(=O)OC(C)(C)C. The van der Waals surface area contributed by atoms with Crippen molar-refractivity contribution in [1.29, 1.82) is 0 Å². The van der Waals surface area contributed by atoms with Crippen LogP contribution in [0.15, 0.2) is 30.3 Å². The van der Waals surface area contributed by atoms with Crippen molar-refractivity contribution in [2.45, 2.75) is 71.2 Å². The highest BCUT2D eigenvalue weighted by molar-refractivity contribution is 6.01. The number of methoxy groups -OCH3 is 1. The maximum atomic E-state index is 12.9. The van der Waals surface area contributed by atoms with Crippen LogP contribution in [0.5, 0.6) is 0 Å². The van der Waals surface area contributed by atoms with E-state index in [4.69, 9.17) is 9.47 Å². The number of ketones is 1. The first kappa shape index (κ1) is 23.9. The first-order valence-corrected chi connectivity index (χ1v) is 10.5. The number of Topliss-reactive ketones (excluding diaryl/α,β-unsaturated/α-hetero) is 1. The van der Waals surface area contributed by atoms with Crippen molar-refractivity contribution in [1.82, 2.24) is 10.2 Å². The summed E-state index contributed by atoms with van der Waals surface area (Å²) in [7, 11) is 1.54. The van der Waals surface area contributed by atoms with E-state index in [9.17, 15) is 14.4 Å². The molecule has 1 aliphatic heterocycles. The van der Waals surface area contributed by atoms with Crippen molar-refractivity contribution in [2.75, 3.05) is 13.7 Å². The van der Waals surface area contributed by atoms with Gasteiger partial charge in [0.2, 0.25) is 5.91 Å². The van der Waals surface area contributed by atoms with Gasteiger partial charge in [0.05, 0.1) is 24.1 Å². The average molecular weight is 419 g/mol. The van der Waals surface area contributed by atoms with Gasteiger partial charge >= 0.3 is 6.09 Å². The minimum absolute atomic E-state index is 0.152. The maximum absolute atomic E-state index is 12.9. The Labute approximate surface area is 179 Å². The van der Waals surface area contributed by atoms with E-state index in [-0.39, 0.29) is 17.7 Å². The summed E-state index contributed by atoms with van der Waals surface area (Å²) in [6.45, 7) is 9.47. The summed E-state index contributed by atoms with van der Waals surface area (Å²) in [5.41, 5.74) is -0.0450. The molecule has 7 nitrogen and oxygen atoms in total. The van der Waals surface area contributed by atoms with Gasteiger partial charge in [-0.2, -0.15) is 0 Å². The third-order valence-electron chi connectivity index (χ3n) is 5.30. The number of hydrogen-bond donors (Lipinski definition) is 1. The highest BCUT2D eigenvalue weighted by Crippen LogP contribution is 2.28. The number of benzene rings is 1. The number of ether oxygens (including phenoxy) is 2. The molecule has 1 N–H and O–H groups in total. The van der Waals surface area contributed by atoms with E-state index >= 15 is 0 Å². The number of carbonyl (C=O) groups excluding carboxylic acids is 3. The fraction of sp³-hybridized carbons (Fsp3) is 0.609. The summed E-state index contributed by atoms with van der Waals surface area (Å²) in [5, 5.41) is 2.80. The zero-order chi connectivity index (χ0) is 22.5. The van der Waals surface area contributed by atoms with Crippen LogP contribution in [0.1, 0.15) is 57.8 Å². The molecule has 166 valence electrons. The van der Waals surface area contributed by atoms with Crippen molar-refractivity contribution < 1.29 is 23.9 Å². The van der Waals surface area contributed by atoms with Gasteiger partial charge in [0.25, 0.3) is 0 Å². The molecular weight excluding hydrogens is 384 g/mol. The number of carbonyl (C=O) groups is 3. The first-order chi connectivity index (χ1) is 14.0. The second kappa shape index (κ2) is 10.1. The summed E-state index contributed by atoms with van der Waals surface area (Å²) in [6, 6.07) is 7.94. The van der Waals surface area contributed by atoms with E-state index in [2.05, 4.69) is 5.32 Å². The van der Waals surface area contributed by atoms with Crippen LogP contribution in [0.3, 0.4) is 0 Å². The van der Waals surface area contributed by atoms with E-state index in [0.29, 0.717) is 12.1 Å². The molecule has 0 bridgehead atoms. The van der Waals surface area contributed by atoms with Gasteiger partial charge in [-0.3, -0.25) is 9.59 Å². The highest BCUT2D eigenvalue weighted by atomic mass is 16.6. The van der Waals surface area contributed by atoms with E-state index in [1.54, 1.807) is 50.1 Å². The topological polar surface area (TPSA) is 84.9 Å². The fourth-order valence-electron chi connectivity index (χ4n) is 3.79. The molecule has 1 aromatic rings. The highest BCUT2D eigenvalue weighted by Gasteiger charge is 2.41. The second-order valence-corrected chi connectivity index (χ2v) is 8.83. The molecule has 1 heterocycles. The molecule has 0 spiro atoms. The number of hydrogen-bond acceptors (Lipinski definition) is 5. The Balaban J connectivity index is 2.05. The largest absolute Gasteiger partial charge is 0.444 e. The lowest BCUT2D eigenvalue weighted by Gasteiger charge is -2.35. The van der Waals surface area contributed by atoms with Crippen molar-refractivity contribution in [2.24, 2.45) is 5.92 Å². The Morgan fingerprint density at radius 3 is 2.33 bits per heavy atom. The van der Waals surface area contributed by atoms with Gasteiger partial charge in [-0.1, -0.05) is 37.3 Å². The third-order valence-corrected chi connectivity index (χ3v) is 5.30. The zero-order valence-corrected chi connectivity index (χ0v) is 18.8. The smallest absolute Gasteiger partial charge is 0.410 e. The summed E-state index contributed by atoms with van der Waals surface area (Å²) in [6.07, 6.45) is 0.654. The molecular formula is C23H34N2O5. The molecule has 1 aromatic carbocycles. The van der Waals surface area contributed by atoms with Gasteiger partial charge < -0.3 is 19.7 Å². The van der Waals surface area contributed by atoms with Gasteiger partial charge in [-0.15, -0.1) is 0 Å². The number of amides is 2. The Bertz CT molecular complexity index is 744. The lowest BCUT2D eigenvalue weighted by atomic mass is 9.94. The Hall–Kier alpha value is -2.41. The van der Waals surface area contributed by atoms with Crippen LogP contribution in [-0.4, -0.2) is 60.1 Å². The van der Waals surface area contributed by atoms with E-state index in [1.165, 1.54) is 0 Å². The standard InChI is InChI=1S/C23H34N2O5/c1-15(21(27)24-16(2)19(26)17-11-8-7-9-12-17)20(29-6)18-13-10-14-25(18)22(28)30-23(3,4)5/h7-9,11-12,15-16,18,20H,10,13-14H2,1-6H3,(H,24,27)/t15-,16-,18+,20-/m1/s1. The quantitative estimate of drug-likeness (QED) is 0.686. The Morgan fingerprint density at radius 1 is 1.13 bits per heavy atom. The van der Waals surface area contributed by atoms with Crippen LogP contribution in [0.25, 0.3) is 0 Å². The summed E-state index contributed by atoms with van der Waals surface area (Å²) in [4.78, 5) is 39.7. The number of likely N-dealkylation sites (tertiary alicyclic amines) is 1. The molecule has 1 fully saturated rings. The number of rotatable bonds is 7. The van der Waals surface area contributed by atoms with E-state index in [0.717, 1.165) is 12.8 Å². The van der Waals surface area contributed by atoms with Crippen LogP contribution >= 0.6 is 0 Å². The minimum Gasteiger partial charge on any atom is -0.444 e. The summed E-state index contributed by atoms with van der Waals surface area (Å²) < 4.78 is 11.2. The fourth-order valence-corrected chi connectivity index (χ4v) is 3.79. The lowest BCUT2D eigenvalue weighted by Crippen LogP contribution is -2.52. The predicted octanol–water partition coefficient (Wildman–Crippen LogP) is 3.42. The molecule has 0 aromatic heterocycles. The van der Waals surface area contributed by atoms with Gasteiger partial charge in [-0.05, 0) is 40.5 Å². The third kappa shape index (κ3) is 6.05. The van der Waals surface area contributed by atoms with Gasteiger partial charge in [0, 0.05) is 19.2 Å². The molecule has 30 heavy (non-hydrogen) atoms. The molecule has 2 rings (SSSR count). The first-order valence-electron chi connectivity index (χ1n) is 10.5. The normalized spacial score (nSPS) is 19.7. The number of nitrogens with one attached hydrogen (secondary N) is 1. The lowest BCUT2D eigenvalue weighted by molar-refractivity contribution is -0.131. The van der Waals surface area contributed by atoms with Crippen molar-refractivity contribution in [3.05, 3.63) is 35.9 Å². The minimum atomic E-state index is -0.662. The van der Waals surface area contributed by atoms with Crippen LogP contribution in [-0.2, 0) is 14.3 Å². The molecule has 0 aliphatic carbocycles. The molecule has 4 atom stereocenters. The van der Waals surface area contributed by atoms with E-state index in [1.807, 2.05) is 26.8 Å². The predicted molar refractivity (Wildman–Crippen MR) is 114 cm³/mol. The van der Waals surface area contributed by atoms with Gasteiger partial charge in [-0.25, -0.2) is 4.79 Å². The van der Waals surface area contributed by atoms with E-state index < -0.39 is 29.8 Å². The van der Waals surface area contributed by atoms with Gasteiger partial charge in [0.1, 0.15) is 5.60 Å². The Morgan fingerprint density at radius 2 is 1.77 bits per heavy atom. The van der Waals surface area contributed by atoms with Crippen molar-refractivity contribution >= 4 is 17.8 Å². The second-order valence-electron chi connectivity index (χ2n) is 8.83. The average Bonchev–Trinajstić information content (AvgIpc) is 3.16. The number of nitrogens with zero attached hydrogens (tertiary/aromatic N) is 1. The van der Waals surface area contributed by atoms with Gasteiger partial charge in [0.15, 0.2) is 5.78 Å². The molecule has 1 aliphatic rings. The van der Waals surface area contributed by atoms with Crippen molar-refractivity contribution in [3.63, 3.8) is 0 Å². The molecule has 0 unspecified atom stereocenters. The van der Waals surface area contributed by atoms with Crippen LogP contribution in [0.4, 0.5) is 4.79 Å². The van der Waals surface area contributed by atoms with Crippen LogP contribution in [0, 0.1) is 5.92 Å². The van der Waals surface area contributed by atoms with Crippen LogP contribution in [0.2, 0.25) is 0 Å². The molecule has 1 saturated heterocycles. The van der Waals surface area contributed by atoms with Crippen LogP contribution < -0.4 is 5.32 Å². The monoisotopic (exact) mass is 418 g/mol. The Kier molecular flexibility index (Phi) is 8.01.